The first-order valence-electron chi connectivity index (χ1n) is 13.7. The minimum atomic E-state index is -0.0729. The number of rotatable bonds is 9. The molecular formula is C29H34N6O3. The van der Waals surface area contributed by atoms with E-state index in [1.54, 1.807) is 0 Å². The zero-order valence-electron chi connectivity index (χ0n) is 21.8. The molecule has 9 nitrogen and oxygen atoms in total. The van der Waals surface area contributed by atoms with Crippen LogP contribution in [0.2, 0.25) is 0 Å². The van der Waals surface area contributed by atoms with Crippen molar-refractivity contribution in [3.63, 3.8) is 0 Å². The Morgan fingerprint density at radius 2 is 1.87 bits per heavy atom. The van der Waals surface area contributed by atoms with Crippen LogP contribution < -0.4 is 15.0 Å². The molecule has 1 atom stereocenters. The van der Waals surface area contributed by atoms with Crippen LogP contribution in [0.4, 0.5) is 0 Å². The van der Waals surface area contributed by atoms with E-state index in [9.17, 15) is 4.79 Å². The Morgan fingerprint density at radius 3 is 2.66 bits per heavy atom. The average Bonchev–Trinajstić information content (AvgIpc) is 3.60. The van der Waals surface area contributed by atoms with Crippen molar-refractivity contribution in [2.24, 2.45) is 0 Å². The number of hydrogen-bond donors (Lipinski definition) is 1. The van der Waals surface area contributed by atoms with Crippen LogP contribution in [-0.2, 0) is 13.1 Å². The Hall–Kier alpha value is -3.72. The van der Waals surface area contributed by atoms with Gasteiger partial charge in [-0.2, -0.15) is 0 Å². The summed E-state index contributed by atoms with van der Waals surface area (Å²) in [6.07, 6.45) is 7.80. The van der Waals surface area contributed by atoms with Crippen molar-refractivity contribution < 1.29 is 9.47 Å². The first kappa shape index (κ1) is 24.6. The Labute approximate surface area is 221 Å². The fourth-order valence-electron chi connectivity index (χ4n) is 5.90. The Morgan fingerprint density at radius 1 is 1.08 bits per heavy atom. The number of benzene rings is 2. The molecule has 2 aliphatic rings. The summed E-state index contributed by atoms with van der Waals surface area (Å²) in [7, 11) is 0. The summed E-state index contributed by atoms with van der Waals surface area (Å²) in [5.74, 6) is 2.24. The van der Waals surface area contributed by atoms with E-state index in [4.69, 9.17) is 9.47 Å². The lowest BCUT2D eigenvalue weighted by molar-refractivity contribution is 0.0812. The molecule has 1 aliphatic carbocycles. The van der Waals surface area contributed by atoms with Gasteiger partial charge in [-0.1, -0.05) is 62.9 Å². The van der Waals surface area contributed by atoms with Gasteiger partial charge in [0.2, 0.25) is 6.79 Å². The summed E-state index contributed by atoms with van der Waals surface area (Å²) in [5.41, 5.74) is 2.58. The molecule has 0 saturated heterocycles. The number of hydrogen-bond acceptors (Lipinski definition) is 7. The molecule has 0 radical (unpaired) electrons. The van der Waals surface area contributed by atoms with Gasteiger partial charge in [-0.05, 0) is 47.4 Å². The highest BCUT2D eigenvalue weighted by Gasteiger charge is 2.32. The van der Waals surface area contributed by atoms with E-state index in [0.717, 1.165) is 53.5 Å². The molecule has 1 N–H and O–H groups in total. The highest BCUT2D eigenvalue weighted by atomic mass is 16.7. The Kier molecular flexibility index (Phi) is 7.09. The van der Waals surface area contributed by atoms with E-state index in [1.807, 2.05) is 41.1 Å². The van der Waals surface area contributed by atoms with Crippen LogP contribution in [0.3, 0.4) is 0 Å². The minimum Gasteiger partial charge on any atom is -0.454 e. The monoisotopic (exact) mass is 514 g/mol. The van der Waals surface area contributed by atoms with Gasteiger partial charge < -0.3 is 14.5 Å². The number of aromatic nitrogens is 5. The molecular weight excluding hydrogens is 480 g/mol. The van der Waals surface area contributed by atoms with Crippen molar-refractivity contribution >= 4 is 10.9 Å². The van der Waals surface area contributed by atoms with Crippen molar-refractivity contribution in [3.8, 4) is 11.5 Å². The predicted octanol–water partition coefficient (Wildman–Crippen LogP) is 4.97. The molecule has 0 amide bonds. The maximum absolute atomic E-state index is 13.3. The number of H-pyrrole nitrogens is 1. The maximum atomic E-state index is 13.3. The zero-order valence-corrected chi connectivity index (χ0v) is 21.8. The third-order valence-electron chi connectivity index (χ3n) is 7.81. The third-order valence-corrected chi connectivity index (χ3v) is 7.81. The quantitative estimate of drug-likeness (QED) is 0.337. The molecule has 9 heteroatoms. The van der Waals surface area contributed by atoms with Gasteiger partial charge in [0.25, 0.3) is 5.56 Å². The fraction of sp³-hybridized carbons (Fsp3) is 0.448. The van der Waals surface area contributed by atoms with Crippen molar-refractivity contribution in [2.45, 2.75) is 77.0 Å². The molecule has 4 aromatic rings. The van der Waals surface area contributed by atoms with Gasteiger partial charge in [-0.25, -0.2) is 4.68 Å². The number of nitrogens with one attached hydrogen (secondary N) is 1. The van der Waals surface area contributed by atoms with E-state index in [1.165, 1.54) is 19.3 Å². The largest absolute Gasteiger partial charge is 0.454 e. The number of pyridine rings is 1. The summed E-state index contributed by atoms with van der Waals surface area (Å²) in [5, 5.41) is 13.9. The topological polar surface area (TPSA) is 98.2 Å². The van der Waals surface area contributed by atoms with Crippen LogP contribution in [0, 0.1) is 0 Å². The van der Waals surface area contributed by atoms with E-state index in [-0.39, 0.29) is 18.4 Å². The average molecular weight is 515 g/mol. The Bertz CT molecular complexity index is 1440. The van der Waals surface area contributed by atoms with Crippen LogP contribution in [-0.4, -0.2) is 42.9 Å². The van der Waals surface area contributed by atoms with Gasteiger partial charge in [0.05, 0.1) is 18.1 Å². The van der Waals surface area contributed by atoms with E-state index < -0.39 is 0 Å². The SMILES string of the molecule is CCC[C@@H](c1nnnn1Cc1ccccc1)N(Cc1cc2cc3c(cc2[nH]c1=O)OCO3)C1CCCCC1. The number of aromatic amines is 1. The highest BCUT2D eigenvalue weighted by molar-refractivity contribution is 5.83. The molecule has 1 aliphatic heterocycles. The molecule has 0 bridgehead atoms. The second-order valence-corrected chi connectivity index (χ2v) is 10.4. The van der Waals surface area contributed by atoms with Gasteiger partial charge in [0.1, 0.15) is 0 Å². The fourth-order valence-corrected chi connectivity index (χ4v) is 5.90. The third kappa shape index (κ3) is 5.03. The van der Waals surface area contributed by atoms with Crippen LogP contribution >= 0.6 is 0 Å². The normalized spacial score (nSPS) is 16.4. The maximum Gasteiger partial charge on any atom is 0.252 e. The molecule has 198 valence electrons. The summed E-state index contributed by atoms with van der Waals surface area (Å²) in [6.45, 7) is 3.55. The number of fused-ring (bicyclic) bond motifs is 2. The predicted molar refractivity (Wildman–Crippen MR) is 144 cm³/mol. The summed E-state index contributed by atoms with van der Waals surface area (Å²) in [6, 6.07) is 16.5. The summed E-state index contributed by atoms with van der Waals surface area (Å²) in [4.78, 5) is 18.9. The molecule has 1 fully saturated rings. The second-order valence-electron chi connectivity index (χ2n) is 10.4. The van der Waals surface area contributed by atoms with Crippen LogP contribution in [0.1, 0.15) is 74.9 Å². The van der Waals surface area contributed by atoms with Gasteiger partial charge in [0, 0.05) is 29.6 Å². The highest BCUT2D eigenvalue weighted by Crippen LogP contribution is 2.36. The first-order chi connectivity index (χ1) is 18.7. The minimum absolute atomic E-state index is 0.00802. The van der Waals surface area contributed by atoms with E-state index in [2.05, 4.69) is 44.5 Å². The lowest BCUT2D eigenvalue weighted by Gasteiger charge is -2.39. The van der Waals surface area contributed by atoms with Crippen molar-refractivity contribution in [3.05, 3.63) is 75.8 Å². The lowest BCUT2D eigenvalue weighted by Crippen LogP contribution is -2.41. The van der Waals surface area contributed by atoms with Crippen LogP contribution in [0.5, 0.6) is 11.5 Å². The van der Waals surface area contributed by atoms with E-state index >= 15 is 0 Å². The first-order valence-corrected chi connectivity index (χ1v) is 13.7. The molecule has 3 heterocycles. The second kappa shape index (κ2) is 10.9. The summed E-state index contributed by atoms with van der Waals surface area (Å²) >= 11 is 0. The molecule has 0 unspecified atom stereocenters. The van der Waals surface area contributed by atoms with Crippen LogP contribution in [0.25, 0.3) is 10.9 Å². The van der Waals surface area contributed by atoms with E-state index in [0.29, 0.717) is 30.6 Å². The van der Waals surface area contributed by atoms with Gasteiger partial charge in [-0.15, -0.1) is 5.10 Å². The molecule has 6 rings (SSSR count). The number of nitrogens with zero attached hydrogens (tertiary/aromatic N) is 5. The summed E-state index contributed by atoms with van der Waals surface area (Å²) < 4.78 is 13.0. The van der Waals surface area contributed by atoms with Crippen molar-refractivity contribution in [2.75, 3.05) is 6.79 Å². The van der Waals surface area contributed by atoms with Gasteiger partial charge >= 0.3 is 0 Å². The molecule has 2 aromatic carbocycles. The van der Waals surface area contributed by atoms with Crippen LogP contribution in [0.15, 0.2) is 53.3 Å². The molecule has 1 saturated carbocycles. The van der Waals surface area contributed by atoms with Crippen molar-refractivity contribution in [1.82, 2.24) is 30.1 Å². The molecule has 0 spiro atoms. The smallest absolute Gasteiger partial charge is 0.252 e. The zero-order chi connectivity index (χ0) is 25.9. The number of ether oxygens (including phenoxy) is 2. The van der Waals surface area contributed by atoms with Gasteiger partial charge in [0.15, 0.2) is 17.3 Å². The van der Waals surface area contributed by atoms with Crippen molar-refractivity contribution in [1.29, 1.82) is 0 Å². The number of tetrazole rings is 1. The lowest BCUT2D eigenvalue weighted by atomic mass is 9.91. The standard InChI is InChI=1S/C29H34N6O3/c1-2-9-25(28-31-32-33-35(28)17-20-10-5-3-6-11-20)34(23-12-7-4-8-13-23)18-22-14-21-15-26-27(38-19-37-26)16-24(21)30-29(22)36/h3,5-6,10-11,14-16,23,25H,2,4,7-9,12-13,17-19H2,1H3,(H,30,36)/t25-/m0/s1. The molecule has 2 aromatic heterocycles. The molecule has 38 heavy (non-hydrogen) atoms. The Balaban J connectivity index is 1.37. The van der Waals surface area contributed by atoms with Gasteiger partial charge in [-0.3, -0.25) is 9.69 Å².